The van der Waals surface area contributed by atoms with Crippen LogP contribution in [0.3, 0.4) is 0 Å². The first-order valence-corrected chi connectivity index (χ1v) is 7.74. The van der Waals surface area contributed by atoms with Crippen molar-refractivity contribution in [3.05, 3.63) is 69.7 Å². The minimum atomic E-state index is -0.355. The average molecular weight is 335 g/mol. The molecule has 114 valence electrons. The van der Waals surface area contributed by atoms with Crippen molar-refractivity contribution in [2.45, 2.75) is 19.8 Å². The molecule has 0 aliphatic carbocycles. The Morgan fingerprint density at radius 3 is 2.50 bits per heavy atom. The largest absolute Gasteiger partial charge is 0.272 e. The number of hydrogen-bond donors (Lipinski definition) is 1. The van der Waals surface area contributed by atoms with Gasteiger partial charge in [0.05, 0.1) is 16.3 Å². The number of hydrogen-bond acceptors (Lipinski definition) is 2. The number of nitrogens with zero attached hydrogens (tertiary/aromatic N) is 1. The van der Waals surface area contributed by atoms with Crippen molar-refractivity contribution in [2.24, 2.45) is 5.10 Å². The summed E-state index contributed by atoms with van der Waals surface area (Å²) >= 11 is 11.9. The van der Waals surface area contributed by atoms with E-state index >= 15 is 0 Å². The van der Waals surface area contributed by atoms with E-state index in [1.807, 2.05) is 30.3 Å². The molecular weight excluding hydrogens is 319 g/mol. The number of halogens is 2. The molecule has 1 N–H and O–H groups in total. The molecule has 2 rings (SSSR count). The number of benzene rings is 2. The summed E-state index contributed by atoms with van der Waals surface area (Å²) in [5.41, 5.74) is 4.74. The molecule has 0 radical (unpaired) electrons. The molecule has 22 heavy (non-hydrogen) atoms. The lowest BCUT2D eigenvalue weighted by Crippen LogP contribution is -2.20. The predicted molar refractivity (Wildman–Crippen MR) is 91.8 cm³/mol. The van der Waals surface area contributed by atoms with E-state index in [0.717, 1.165) is 24.1 Å². The summed E-state index contributed by atoms with van der Waals surface area (Å²) in [5.74, 6) is -0.355. The van der Waals surface area contributed by atoms with Crippen LogP contribution in [-0.4, -0.2) is 11.6 Å². The second-order valence-electron chi connectivity index (χ2n) is 4.74. The summed E-state index contributed by atoms with van der Waals surface area (Å²) in [6.07, 6.45) is 1.71. The number of carbonyl (C=O) groups is 1. The predicted octanol–water partition coefficient (Wildman–Crippen LogP) is 4.93. The number of hydrazone groups is 1. The zero-order valence-electron chi connectivity index (χ0n) is 12.1. The number of rotatable bonds is 5. The maximum Gasteiger partial charge on any atom is 0.272 e. The van der Waals surface area contributed by atoms with E-state index in [1.165, 1.54) is 6.07 Å². The first-order chi connectivity index (χ1) is 10.6. The average Bonchev–Trinajstić information content (AvgIpc) is 2.52. The maximum absolute atomic E-state index is 12.2. The molecule has 2 aromatic carbocycles. The quantitative estimate of drug-likeness (QED) is 0.611. The summed E-state index contributed by atoms with van der Waals surface area (Å²) < 4.78 is 0. The molecule has 0 saturated heterocycles. The number of nitrogens with one attached hydrogen (secondary N) is 1. The van der Waals surface area contributed by atoms with Crippen LogP contribution in [-0.2, 0) is 0 Å². The van der Waals surface area contributed by atoms with Crippen molar-refractivity contribution >= 4 is 34.8 Å². The van der Waals surface area contributed by atoms with Crippen molar-refractivity contribution in [2.75, 3.05) is 0 Å². The monoisotopic (exact) mass is 334 g/mol. The summed E-state index contributed by atoms with van der Waals surface area (Å²) in [6, 6.07) is 14.5. The Hall–Kier alpha value is -1.84. The van der Waals surface area contributed by atoms with Gasteiger partial charge in [0.25, 0.3) is 5.91 Å². The molecule has 0 aromatic heterocycles. The highest BCUT2D eigenvalue weighted by Gasteiger charge is 2.11. The van der Waals surface area contributed by atoms with E-state index in [2.05, 4.69) is 17.5 Å². The van der Waals surface area contributed by atoms with Gasteiger partial charge in [-0.3, -0.25) is 4.79 Å². The number of carbonyl (C=O) groups excluding carboxylic acids is 1. The molecule has 0 heterocycles. The van der Waals surface area contributed by atoms with E-state index in [1.54, 1.807) is 12.1 Å². The molecule has 0 unspecified atom stereocenters. The molecule has 0 bridgehead atoms. The minimum absolute atomic E-state index is 0.303. The summed E-state index contributed by atoms with van der Waals surface area (Å²) in [7, 11) is 0. The Morgan fingerprint density at radius 1 is 1.14 bits per heavy atom. The van der Waals surface area contributed by atoms with Crippen LogP contribution >= 0.6 is 23.2 Å². The molecule has 0 saturated carbocycles. The van der Waals surface area contributed by atoms with Crippen LogP contribution in [0.2, 0.25) is 10.0 Å². The van der Waals surface area contributed by atoms with Crippen LogP contribution < -0.4 is 5.43 Å². The third kappa shape index (κ3) is 4.33. The van der Waals surface area contributed by atoms with Gasteiger partial charge in [-0.2, -0.15) is 5.10 Å². The Kier molecular flexibility index (Phi) is 5.99. The Morgan fingerprint density at radius 2 is 1.86 bits per heavy atom. The van der Waals surface area contributed by atoms with Gasteiger partial charge in [-0.1, -0.05) is 66.9 Å². The molecule has 3 nitrogen and oxygen atoms in total. The third-order valence-corrected chi connectivity index (χ3v) is 3.61. The fraction of sp³-hybridized carbons (Fsp3) is 0.176. The fourth-order valence-corrected chi connectivity index (χ4v) is 2.48. The van der Waals surface area contributed by atoms with E-state index in [0.29, 0.717) is 15.6 Å². The zero-order chi connectivity index (χ0) is 15.9. The summed E-state index contributed by atoms with van der Waals surface area (Å²) in [6.45, 7) is 2.07. The van der Waals surface area contributed by atoms with Gasteiger partial charge in [0.1, 0.15) is 0 Å². The van der Waals surface area contributed by atoms with Gasteiger partial charge in [-0.15, -0.1) is 0 Å². The van der Waals surface area contributed by atoms with Crippen molar-refractivity contribution in [3.63, 3.8) is 0 Å². The smallest absolute Gasteiger partial charge is 0.267 e. The molecule has 1 amide bonds. The van der Waals surface area contributed by atoms with E-state index in [4.69, 9.17) is 23.2 Å². The zero-order valence-corrected chi connectivity index (χ0v) is 13.7. The second-order valence-corrected chi connectivity index (χ2v) is 5.58. The van der Waals surface area contributed by atoms with Crippen LogP contribution in [0.1, 0.15) is 35.7 Å². The molecule has 0 aliphatic rings. The van der Waals surface area contributed by atoms with Crippen LogP contribution in [0.25, 0.3) is 0 Å². The minimum Gasteiger partial charge on any atom is -0.267 e. The van der Waals surface area contributed by atoms with Crippen molar-refractivity contribution < 1.29 is 4.79 Å². The first kappa shape index (κ1) is 16.5. The maximum atomic E-state index is 12.2. The Bertz CT molecular complexity index is 684. The van der Waals surface area contributed by atoms with Gasteiger partial charge in [-0.05, 0) is 30.2 Å². The highest BCUT2D eigenvalue weighted by molar-refractivity contribution is 6.36. The topological polar surface area (TPSA) is 41.5 Å². The third-order valence-electron chi connectivity index (χ3n) is 3.06. The Labute approximate surface area is 139 Å². The van der Waals surface area contributed by atoms with Gasteiger partial charge < -0.3 is 0 Å². The highest BCUT2D eigenvalue weighted by atomic mass is 35.5. The fourth-order valence-electron chi connectivity index (χ4n) is 1.98. The molecule has 0 fully saturated rings. The highest BCUT2D eigenvalue weighted by Crippen LogP contribution is 2.20. The molecule has 2 aromatic rings. The van der Waals surface area contributed by atoms with E-state index in [9.17, 15) is 4.79 Å². The van der Waals surface area contributed by atoms with Crippen LogP contribution in [0.4, 0.5) is 0 Å². The molecule has 0 aliphatic heterocycles. The van der Waals surface area contributed by atoms with Gasteiger partial charge >= 0.3 is 0 Å². The lowest BCUT2D eigenvalue weighted by Gasteiger charge is -2.07. The van der Waals surface area contributed by atoms with Crippen molar-refractivity contribution in [1.29, 1.82) is 0 Å². The lowest BCUT2D eigenvalue weighted by atomic mass is 10.1. The number of amides is 1. The van der Waals surface area contributed by atoms with E-state index in [-0.39, 0.29) is 5.91 Å². The van der Waals surface area contributed by atoms with Crippen LogP contribution in [0, 0.1) is 0 Å². The Balaban J connectivity index is 2.18. The van der Waals surface area contributed by atoms with Gasteiger partial charge in [0.2, 0.25) is 0 Å². The normalized spacial score (nSPS) is 11.3. The summed E-state index contributed by atoms with van der Waals surface area (Å²) in [4.78, 5) is 12.2. The standard InChI is InChI=1S/C17H16Cl2N2O/c1-2-6-16(12-7-4-3-5-8-12)20-21-17(22)14-10-9-13(18)11-15(14)19/h3-5,7-11H,2,6H2,1H3,(H,21,22). The van der Waals surface area contributed by atoms with Crippen molar-refractivity contribution in [3.8, 4) is 0 Å². The van der Waals surface area contributed by atoms with Gasteiger partial charge in [0.15, 0.2) is 0 Å². The molecule has 0 spiro atoms. The van der Waals surface area contributed by atoms with Crippen molar-refractivity contribution in [1.82, 2.24) is 5.43 Å². The molecule has 0 atom stereocenters. The summed E-state index contributed by atoms with van der Waals surface area (Å²) in [5, 5.41) is 5.04. The van der Waals surface area contributed by atoms with Gasteiger partial charge in [-0.25, -0.2) is 5.43 Å². The SMILES string of the molecule is CCCC(=NNC(=O)c1ccc(Cl)cc1Cl)c1ccccc1. The van der Waals surface area contributed by atoms with E-state index < -0.39 is 0 Å². The lowest BCUT2D eigenvalue weighted by molar-refractivity contribution is 0.0955. The van der Waals surface area contributed by atoms with Gasteiger partial charge in [0, 0.05) is 5.02 Å². The molecule has 5 heteroatoms. The van der Waals surface area contributed by atoms with Crippen LogP contribution in [0.15, 0.2) is 53.6 Å². The molecular formula is C17H16Cl2N2O. The first-order valence-electron chi connectivity index (χ1n) is 6.99. The van der Waals surface area contributed by atoms with Crippen LogP contribution in [0.5, 0.6) is 0 Å². The second kappa shape index (κ2) is 7.97.